The first-order chi connectivity index (χ1) is 7.77. The van der Waals surface area contributed by atoms with Crippen LogP contribution in [0.25, 0.3) is 5.52 Å². The zero-order chi connectivity index (χ0) is 11.5. The number of methoxy groups -OCH3 is 1. The van der Waals surface area contributed by atoms with Crippen LogP contribution in [0.15, 0.2) is 24.4 Å². The maximum Gasteiger partial charge on any atom is 0.358 e. The number of carbonyl (C=O) groups excluding carboxylic acids is 1. The number of thiol groups is 1. The molecular formula is C11H12N2O2S. The number of aromatic nitrogens is 2. The minimum Gasteiger partial charge on any atom is -0.464 e. The van der Waals surface area contributed by atoms with E-state index < -0.39 is 5.97 Å². The fourth-order valence-electron chi connectivity index (χ4n) is 1.62. The molecule has 0 spiro atoms. The van der Waals surface area contributed by atoms with E-state index in [2.05, 4.69) is 17.6 Å². The van der Waals surface area contributed by atoms with Gasteiger partial charge in [0.2, 0.25) is 0 Å². The number of hydrogen-bond acceptors (Lipinski definition) is 4. The van der Waals surface area contributed by atoms with Crippen LogP contribution in [0.2, 0.25) is 0 Å². The molecule has 0 radical (unpaired) electrons. The van der Waals surface area contributed by atoms with Crippen molar-refractivity contribution < 1.29 is 9.53 Å². The lowest BCUT2D eigenvalue weighted by atomic mass is 10.3. The number of rotatable bonds is 3. The highest BCUT2D eigenvalue weighted by molar-refractivity contribution is 7.80. The lowest BCUT2D eigenvalue weighted by molar-refractivity contribution is 0.0597. The van der Waals surface area contributed by atoms with E-state index in [1.54, 1.807) is 0 Å². The van der Waals surface area contributed by atoms with Crippen molar-refractivity contribution in [1.29, 1.82) is 0 Å². The molecule has 0 saturated carbocycles. The van der Waals surface area contributed by atoms with Crippen LogP contribution in [-0.4, -0.2) is 28.2 Å². The molecule has 0 fully saturated rings. The third-order valence-corrected chi connectivity index (χ3v) is 2.56. The standard InChI is InChI=1S/C11H12N2O2S/c1-15-11(14)10-8-4-2-3-6-13(8)9(12-10)5-7-16/h2-4,6,16H,5,7H2,1H3. The molecular weight excluding hydrogens is 224 g/mol. The van der Waals surface area contributed by atoms with E-state index in [4.69, 9.17) is 4.74 Å². The van der Waals surface area contributed by atoms with Gasteiger partial charge in [0.1, 0.15) is 5.82 Å². The fraction of sp³-hybridized carbons (Fsp3) is 0.273. The maximum absolute atomic E-state index is 11.5. The van der Waals surface area contributed by atoms with Crippen molar-refractivity contribution in [3.8, 4) is 0 Å². The zero-order valence-electron chi connectivity index (χ0n) is 8.88. The van der Waals surface area contributed by atoms with Crippen molar-refractivity contribution in [2.75, 3.05) is 12.9 Å². The minimum absolute atomic E-state index is 0.361. The van der Waals surface area contributed by atoms with Crippen LogP contribution in [0.3, 0.4) is 0 Å². The number of carbonyl (C=O) groups is 1. The number of pyridine rings is 1. The monoisotopic (exact) mass is 236 g/mol. The van der Waals surface area contributed by atoms with Gasteiger partial charge in [-0.2, -0.15) is 12.6 Å². The molecule has 4 nitrogen and oxygen atoms in total. The molecule has 0 bridgehead atoms. The predicted octanol–water partition coefficient (Wildman–Crippen LogP) is 1.59. The highest BCUT2D eigenvalue weighted by atomic mass is 32.1. The first-order valence-corrected chi connectivity index (χ1v) is 5.56. The second-order valence-corrected chi connectivity index (χ2v) is 3.74. The number of aryl methyl sites for hydroxylation is 1. The lowest BCUT2D eigenvalue weighted by Crippen LogP contribution is -2.02. The van der Waals surface area contributed by atoms with E-state index in [-0.39, 0.29) is 0 Å². The average molecular weight is 236 g/mol. The number of ether oxygens (including phenoxy) is 1. The molecule has 0 unspecified atom stereocenters. The van der Waals surface area contributed by atoms with E-state index in [1.165, 1.54) is 7.11 Å². The Bertz CT molecular complexity index is 522. The number of esters is 1. The van der Waals surface area contributed by atoms with Gasteiger partial charge in [0, 0.05) is 12.6 Å². The molecule has 0 N–H and O–H groups in total. The van der Waals surface area contributed by atoms with Gasteiger partial charge in [-0.3, -0.25) is 0 Å². The predicted molar refractivity (Wildman–Crippen MR) is 64.1 cm³/mol. The average Bonchev–Trinajstić information content (AvgIpc) is 2.68. The molecule has 0 aromatic carbocycles. The number of hydrogen-bond donors (Lipinski definition) is 1. The molecule has 2 rings (SSSR count). The zero-order valence-corrected chi connectivity index (χ0v) is 9.78. The second-order valence-electron chi connectivity index (χ2n) is 3.30. The van der Waals surface area contributed by atoms with Crippen LogP contribution < -0.4 is 0 Å². The summed E-state index contributed by atoms with van der Waals surface area (Å²) in [6, 6.07) is 5.62. The Morgan fingerprint density at radius 1 is 1.56 bits per heavy atom. The molecule has 84 valence electrons. The lowest BCUT2D eigenvalue weighted by Gasteiger charge is -1.97. The molecule has 2 heterocycles. The summed E-state index contributed by atoms with van der Waals surface area (Å²) in [4.78, 5) is 15.8. The summed E-state index contributed by atoms with van der Waals surface area (Å²) >= 11 is 4.17. The summed E-state index contributed by atoms with van der Waals surface area (Å²) in [7, 11) is 1.36. The Kier molecular flexibility index (Phi) is 3.14. The molecule has 2 aromatic rings. The van der Waals surface area contributed by atoms with E-state index in [9.17, 15) is 4.79 Å². The largest absolute Gasteiger partial charge is 0.464 e. The Morgan fingerprint density at radius 2 is 2.38 bits per heavy atom. The van der Waals surface area contributed by atoms with Crippen molar-refractivity contribution in [3.63, 3.8) is 0 Å². The number of fused-ring (bicyclic) bond motifs is 1. The highest BCUT2D eigenvalue weighted by Crippen LogP contribution is 2.14. The van der Waals surface area contributed by atoms with Crippen LogP contribution in [0.5, 0.6) is 0 Å². The van der Waals surface area contributed by atoms with Crippen molar-refractivity contribution in [3.05, 3.63) is 35.9 Å². The van der Waals surface area contributed by atoms with Crippen molar-refractivity contribution in [2.24, 2.45) is 0 Å². The van der Waals surface area contributed by atoms with Gasteiger partial charge in [0.25, 0.3) is 0 Å². The SMILES string of the molecule is COC(=O)c1nc(CCS)n2ccccc12. The Hall–Kier alpha value is -1.49. The molecule has 0 amide bonds. The Balaban J connectivity index is 2.61. The van der Waals surface area contributed by atoms with Crippen LogP contribution in [0.1, 0.15) is 16.3 Å². The third kappa shape index (κ3) is 1.78. The molecule has 0 aliphatic carbocycles. The van der Waals surface area contributed by atoms with E-state index in [0.29, 0.717) is 17.9 Å². The molecule has 0 aliphatic rings. The van der Waals surface area contributed by atoms with Crippen LogP contribution in [0, 0.1) is 0 Å². The summed E-state index contributed by atoms with van der Waals surface area (Å²) in [6.07, 6.45) is 2.60. The summed E-state index contributed by atoms with van der Waals surface area (Å²) < 4.78 is 6.59. The minimum atomic E-state index is -0.408. The summed E-state index contributed by atoms with van der Waals surface area (Å²) in [5.41, 5.74) is 1.13. The van der Waals surface area contributed by atoms with Gasteiger partial charge in [-0.1, -0.05) is 6.07 Å². The van der Waals surface area contributed by atoms with E-state index in [1.807, 2.05) is 28.8 Å². The van der Waals surface area contributed by atoms with E-state index in [0.717, 1.165) is 11.3 Å². The Morgan fingerprint density at radius 3 is 3.06 bits per heavy atom. The smallest absolute Gasteiger partial charge is 0.358 e. The fourth-order valence-corrected chi connectivity index (χ4v) is 1.82. The van der Waals surface area contributed by atoms with Crippen molar-refractivity contribution in [1.82, 2.24) is 9.38 Å². The van der Waals surface area contributed by atoms with Gasteiger partial charge in [-0.25, -0.2) is 9.78 Å². The molecule has 0 atom stereocenters. The first-order valence-electron chi connectivity index (χ1n) is 4.93. The van der Waals surface area contributed by atoms with Gasteiger partial charge in [0.15, 0.2) is 5.69 Å². The van der Waals surface area contributed by atoms with Crippen molar-refractivity contribution >= 4 is 24.1 Å². The third-order valence-electron chi connectivity index (χ3n) is 2.34. The van der Waals surface area contributed by atoms with Gasteiger partial charge in [0.05, 0.1) is 12.6 Å². The van der Waals surface area contributed by atoms with Crippen LogP contribution in [0.4, 0.5) is 0 Å². The topological polar surface area (TPSA) is 43.6 Å². The van der Waals surface area contributed by atoms with Gasteiger partial charge >= 0.3 is 5.97 Å². The molecule has 0 saturated heterocycles. The molecule has 0 aliphatic heterocycles. The quantitative estimate of drug-likeness (QED) is 0.650. The summed E-state index contributed by atoms with van der Waals surface area (Å²) in [6.45, 7) is 0. The first kappa shape index (κ1) is 11.0. The molecule has 16 heavy (non-hydrogen) atoms. The molecule has 2 aromatic heterocycles. The number of imidazole rings is 1. The van der Waals surface area contributed by atoms with Crippen LogP contribution >= 0.6 is 12.6 Å². The highest BCUT2D eigenvalue weighted by Gasteiger charge is 2.16. The Labute approximate surface area is 98.7 Å². The molecule has 5 heteroatoms. The maximum atomic E-state index is 11.5. The van der Waals surface area contributed by atoms with E-state index >= 15 is 0 Å². The second kappa shape index (κ2) is 4.57. The van der Waals surface area contributed by atoms with Gasteiger partial charge in [-0.15, -0.1) is 0 Å². The normalized spacial score (nSPS) is 10.6. The number of nitrogens with zero attached hydrogens (tertiary/aromatic N) is 2. The van der Waals surface area contributed by atoms with Gasteiger partial charge in [-0.05, 0) is 17.9 Å². The summed E-state index contributed by atoms with van der Waals surface area (Å²) in [5.74, 6) is 1.11. The van der Waals surface area contributed by atoms with Gasteiger partial charge < -0.3 is 9.14 Å². The summed E-state index contributed by atoms with van der Waals surface area (Å²) in [5, 5.41) is 0. The van der Waals surface area contributed by atoms with Crippen LogP contribution in [-0.2, 0) is 11.2 Å². The van der Waals surface area contributed by atoms with Crippen molar-refractivity contribution in [2.45, 2.75) is 6.42 Å².